The van der Waals surface area contributed by atoms with Gasteiger partial charge in [-0.3, -0.25) is 0 Å². The Hall–Kier alpha value is 0.310. The molecule has 0 heterocycles. The predicted octanol–water partition coefficient (Wildman–Crippen LogP) is 3.93. The lowest BCUT2D eigenvalue weighted by Gasteiger charge is -2.13. The van der Waals surface area contributed by atoms with Crippen molar-refractivity contribution in [1.82, 2.24) is 5.32 Å². The molecule has 2 atom stereocenters. The van der Waals surface area contributed by atoms with Gasteiger partial charge in [-0.1, -0.05) is 27.2 Å². The third-order valence-electron chi connectivity index (χ3n) is 2.77. The Labute approximate surface area is 101 Å². The first kappa shape index (κ1) is 15.3. The first-order valence-corrected chi connectivity index (χ1v) is 7.67. The Morgan fingerprint density at radius 1 is 1.20 bits per heavy atom. The molecule has 0 aromatic heterocycles. The highest BCUT2D eigenvalue weighted by molar-refractivity contribution is 7.99. The molecule has 2 heteroatoms. The van der Waals surface area contributed by atoms with E-state index in [9.17, 15) is 0 Å². The third-order valence-corrected chi connectivity index (χ3v) is 4.15. The zero-order valence-electron chi connectivity index (χ0n) is 11.0. The van der Waals surface area contributed by atoms with E-state index in [0.717, 1.165) is 5.92 Å². The van der Waals surface area contributed by atoms with Gasteiger partial charge in [0.1, 0.15) is 0 Å². The molecular formula is C13H29NS. The van der Waals surface area contributed by atoms with E-state index < -0.39 is 0 Å². The topological polar surface area (TPSA) is 12.0 Å². The summed E-state index contributed by atoms with van der Waals surface area (Å²) >= 11 is 2.12. The number of hydrogen-bond acceptors (Lipinski definition) is 2. The van der Waals surface area contributed by atoms with Gasteiger partial charge in [-0.05, 0) is 50.2 Å². The summed E-state index contributed by atoms with van der Waals surface area (Å²) in [7, 11) is 0. The maximum absolute atomic E-state index is 3.53. The van der Waals surface area contributed by atoms with Crippen molar-refractivity contribution in [3.8, 4) is 0 Å². The molecule has 0 saturated carbocycles. The SMILES string of the molecule is CCCNC(C)CCCSCC(C)CC. The van der Waals surface area contributed by atoms with Crippen molar-refractivity contribution in [3.63, 3.8) is 0 Å². The van der Waals surface area contributed by atoms with Crippen molar-refractivity contribution in [3.05, 3.63) is 0 Å². The van der Waals surface area contributed by atoms with E-state index in [2.05, 4.69) is 44.8 Å². The zero-order chi connectivity index (χ0) is 11.5. The summed E-state index contributed by atoms with van der Waals surface area (Å²) in [5.41, 5.74) is 0. The molecule has 0 aliphatic heterocycles. The van der Waals surface area contributed by atoms with Gasteiger partial charge in [0.05, 0.1) is 0 Å². The lowest BCUT2D eigenvalue weighted by atomic mass is 10.2. The van der Waals surface area contributed by atoms with Crippen molar-refractivity contribution in [2.24, 2.45) is 5.92 Å². The van der Waals surface area contributed by atoms with Gasteiger partial charge >= 0.3 is 0 Å². The molecule has 0 aromatic carbocycles. The lowest BCUT2D eigenvalue weighted by molar-refractivity contribution is 0.510. The molecule has 1 N–H and O–H groups in total. The highest BCUT2D eigenvalue weighted by atomic mass is 32.2. The summed E-state index contributed by atoms with van der Waals surface area (Å²) in [6.07, 6.45) is 5.25. The molecule has 0 fully saturated rings. The molecule has 0 aliphatic carbocycles. The Bertz CT molecular complexity index is 128. The highest BCUT2D eigenvalue weighted by Gasteiger charge is 2.01. The van der Waals surface area contributed by atoms with Crippen molar-refractivity contribution in [2.75, 3.05) is 18.1 Å². The van der Waals surface area contributed by atoms with E-state index >= 15 is 0 Å². The maximum atomic E-state index is 3.53. The fourth-order valence-corrected chi connectivity index (χ4v) is 2.56. The van der Waals surface area contributed by atoms with Gasteiger partial charge in [0.15, 0.2) is 0 Å². The van der Waals surface area contributed by atoms with Crippen LogP contribution < -0.4 is 5.32 Å². The zero-order valence-corrected chi connectivity index (χ0v) is 11.8. The van der Waals surface area contributed by atoms with Crippen LogP contribution in [0.25, 0.3) is 0 Å². The summed E-state index contributed by atoms with van der Waals surface area (Å²) in [5.74, 6) is 3.57. The van der Waals surface area contributed by atoms with Gasteiger partial charge in [0, 0.05) is 6.04 Å². The summed E-state index contributed by atoms with van der Waals surface area (Å²) in [4.78, 5) is 0. The van der Waals surface area contributed by atoms with E-state index in [1.165, 1.54) is 43.7 Å². The van der Waals surface area contributed by atoms with Crippen LogP contribution in [-0.2, 0) is 0 Å². The van der Waals surface area contributed by atoms with Crippen LogP contribution in [0.3, 0.4) is 0 Å². The van der Waals surface area contributed by atoms with Crippen LogP contribution in [0.4, 0.5) is 0 Å². The second-order valence-electron chi connectivity index (χ2n) is 4.59. The number of hydrogen-bond donors (Lipinski definition) is 1. The molecule has 0 bridgehead atoms. The summed E-state index contributed by atoms with van der Waals surface area (Å²) in [6.45, 7) is 10.3. The third kappa shape index (κ3) is 10.6. The monoisotopic (exact) mass is 231 g/mol. The molecule has 0 aliphatic rings. The van der Waals surface area contributed by atoms with Crippen LogP contribution in [0.1, 0.15) is 53.4 Å². The smallest absolute Gasteiger partial charge is 0.00390 e. The van der Waals surface area contributed by atoms with Crippen LogP contribution in [0, 0.1) is 5.92 Å². The molecule has 2 unspecified atom stereocenters. The van der Waals surface area contributed by atoms with Crippen molar-refractivity contribution in [1.29, 1.82) is 0 Å². The molecule has 0 spiro atoms. The Morgan fingerprint density at radius 2 is 1.93 bits per heavy atom. The van der Waals surface area contributed by atoms with Crippen molar-refractivity contribution >= 4 is 11.8 Å². The van der Waals surface area contributed by atoms with E-state index in [1.807, 2.05) is 0 Å². The second-order valence-corrected chi connectivity index (χ2v) is 5.74. The summed E-state index contributed by atoms with van der Waals surface area (Å²) in [6, 6.07) is 0.703. The van der Waals surface area contributed by atoms with Crippen LogP contribution in [0.15, 0.2) is 0 Å². The molecule has 0 amide bonds. The molecule has 92 valence electrons. The molecular weight excluding hydrogens is 202 g/mol. The molecule has 15 heavy (non-hydrogen) atoms. The van der Waals surface area contributed by atoms with Gasteiger partial charge in [-0.2, -0.15) is 11.8 Å². The standard InChI is InChI=1S/C13H29NS/c1-5-9-14-13(4)8-7-10-15-11-12(3)6-2/h12-14H,5-11H2,1-4H3. The summed E-state index contributed by atoms with van der Waals surface area (Å²) < 4.78 is 0. The molecule has 0 saturated heterocycles. The Morgan fingerprint density at radius 3 is 2.53 bits per heavy atom. The maximum Gasteiger partial charge on any atom is 0.00390 e. The average Bonchev–Trinajstić information content (AvgIpc) is 2.25. The van der Waals surface area contributed by atoms with Gasteiger partial charge in [0.2, 0.25) is 0 Å². The molecule has 0 radical (unpaired) electrons. The van der Waals surface area contributed by atoms with E-state index in [1.54, 1.807) is 0 Å². The number of thioether (sulfide) groups is 1. The van der Waals surface area contributed by atoms with Crippen LogP contribution >= 0.6 is 11.8 Å². The normalized spacial score (nSPS) is 15.2. The first-order valence-electron chi connectivity index (χ1n) is 6.51. The Balaban J connectivity index is 3.16. The first-order chi connectivity index (χ1) is 7.20. The Kier molecular flexibility index (Phi) is 11.0. The number of nitrogens with one attached hydrogen (secondary N) is 1. The van der Waals surface area contributed by atoms with Crippen LogP contribution in [-0.4, -0.2) is 24.1 Å². The molecule has 1 nitrogen and oxygen atoms in total. The summed E-state index contributed by atoms with van der Waals surface area (Å²) in [5, 5.41) is 3.53. The van der Waals surface area contributed by atoms with E-state index in [4.69, 9.17) is 0 Å². The highest BCUT2D eigenvalue weighted by Crippen LogP contribution is 2.13. The minimum Gasteiger partial charge on any atom is -0.314 e. The van der Waals surface area contributed by atoms with Gasteiger partial charge < -0.3 is 5.32 Å². The molecule has 0 rings (SSSR count). The minimum absolute atomic E-state index is 0.703. The largest absolute Gasteiger partial charge is 0.314 e. The van der Waals surface area contributed by atoms with E-state index in [-0.39, 0.29) is 0 Å². The fourth-order valence-electron chi connectivity index (χ4n) is 1.39. The van der Waals surface area contributed by atoms with Gasteiger partial charge in [-0.25, -0.2) is 0 Å². The molecule has 0 aromatic rings. The number of rotatable bonds is 10. The second kappa shape index (κ2) is 10.8. The quantitative estimate of drug-likeness (QED) is 0.572. The van der Waals surface area contributed by atoms with Gasteiger partial charge in [0.25, 0.3) is 0 Å². The van der Waals surface area contributed by atoms with E-state index in [0.29, 0.717) is 6.04 Å². The van der Waals surface area contributed by atoms with Crippen molar-refractivity contribution < 1.29 is 0 Å². The minimum atomic E-state index is 0.703. The van der Waals surface area contributed by atoms with Crippen LogP contribution in [0.5, 0.6) is 0 Å². The average molecular weight is 231 g/mol. The predicted molar refractivity (Wildman–Crippen MR) is 73.8 cm³/mol. The lowest BCUT2D eigenvalue weighted by Crippen LogP contribution is -2.26. The van der Waals surface area contributed by atoms with Crippen molar-refractivity contribution in [2.45, 2.75) is 59.4 Å². The van der Waals surface area contributed by atoms with Crippen LogP contribution in [0.2, 0.25) is 0 Å². The van der Waals surface area contributed by atoms with Gasteiger partial charge in [-0.15, -0.1) is 0 Å². The fraction of sp³-hybridized carbons (Fsp3) is 1.00.